The summed E-state index contributed by atoms with van der Waals surface area (Å²) in [6.45, 7) is 4.13. The Balaban J connectivity index is 4.45. The zero-order chi connectivity index (χ0) is 40.0. The number of unbranched alkanes of at least 4 members (excludes halogenated alkanes) is 16. The van der Waals surface area contributed by atoms with Crippen molar-refractivity contribution in [3.63, 3.8) is 0 Å². The number of hydrogen-bond donors (Lipinski definition) is 0. The van der Waals surface area contributed by atoms with Crippen molar-refractivity contribution in [2.45, 2.75) is 174 Å². The number of hydrogen-bond acceptors (Lipinski definition) is 8. The number of rotatable bonds is 38. The van der Waals surface area contributed by atoms with Gasteiger partial charge in [-0.05, 0) is 77.0 Å². The van der Waals surface area contributed by atoms with Gasteiger partial charge in [0.25, 0.3) is 7.82 Å². The number of phosphoric acid groups is 1. The van der Waals surface area contributed by atoms with Crippen LogP contribution in [-0.2, 0) is 32.7 Å². The van der Waals surface area contributed by atoms with E-state index in [1.165, 1.54) is 57.8 Å². The molecule has 0 radical (unpaired) electrons. The third-order valence-electron chi connectivity index (χ3n) is 8.82. The SMILES string of the molecule is CCCCC/C=C\C/C=C\C/C=C\CCCCCCC(=O)O[C@H](COC(=O)CCCCCCC/C=C\CCCCCC)COP(=O)([O-])OCC[N+](C)(C)C. The summed E-state index contributed by atoms with van der Waals surface area (Å²) in [5.41, 5.74) is 0. The molecular weight excluding hydrogens is 701 g/mol. The summed E-state index contributed by atoms with van der Waals surface area (Å²) in [4.78, 5) is 37.5. The zero-order valence-corrected chi connectivity index (χ0v) is 36.0. The molecule has 0 aliphatic heterocycles. The van der Waals surface area contributed by atoms with Crippen molar-refractivity contribution in [2.24, 2.45) is 0 Å². The first kappa shape index (κ1) is 52.0. The number of ether oxygens (including phenoxy) is 2. The second kappa shape index (κ2) is 36.6. The molecule has 0 amide bonds. The van der Waals surface area contributed by atoms with E-state index in [1.807, 2.05) is 21.1 Å². The van der Waals surface area contributed by atoms with Gasteiger partial charge >= 0.3 is 11.9 Å². The molecule has 0 bridgehead atoms. The largest absolute Gasteiger partial charge is 0.756 e. The summed E-state index contributed by atoms with van der Waals surface area (Å²) in [6, 6.07) is 0. The van der Waals surface area contributed by atoms with Crippen LogP contribution >= 0.6 is 7.82 Å². The second-order valence-electron chi connectivity index (χ2n) is 15.3. The molecular formula is C44H80NO8P. The topological polar surface area (TPSA) is 111 Å². The number of nitrogens with zero attached hydrogens (tertiary/aromatic N) is 1. The maximum absolute atomic E-state index is 12.6. The predicted molar refractivity (Wildman–Crippen MR) is 222 cm³/mol. The third-order valence-corrected chi connectivity index (χ3v) is 9.79. The molecule has 0 N–H and O–H groups in total. The Morgan fingerprint density at radius 3 is 1.54 bits per heavy atom. The molecule has 2 atom stereocenters. The minimum Gasteiger partial charge on any atom is -0.756 e. The molecule has 0 saturated carbocycles. The highest BCUT2D eigenvalue weighted by Gasteiger charge is 2.21. The molecule has 0 saturated heterocycles. The van der Waals surface area contributed by atoms with E-state index < -0.39 is 32.5 Å². The fraction of sp³-hybridized carbons (Fsp3) is 0.773. The molecule has 0 aromatic heterocycles. The van der Waals surface area contributed by atoms with Gasteiger partial charge in [-0.25, -0.2) is 0 Å². The number of quaternary nitrogens is 1. The Bertz CT molecular complexity index is 1070. The van der Waals surface area contributed by atoms with Gasteiger partial charge in [0, 0.05) is 12.8 Å². The van der Waals surface area contributed by atoms with Crippen LogP contribution in [0.15, 0.2) is 48.6 Å². The molecule has 0 spiro atoms. The molecule has 10 heteroatoms. The minimum atomic E-state index is -4.63. The molecule has 0 fully saturated rings. The van der Waals surface area contributed by atoms with Crippen LogP contribution in [0.3, 0.4) is 0 Å². The van der Waals surface area contributed by atoms with Crippen LogP contribution in [0.1, 0.15) is 168 Å². The first-order chi connectivity index (χ1) is 26.0. The lowest BCUT2D eigenvalue weighted by Crippen LogP contribution is -2.37. The van der Waals surface area contributed by atoms with E-state index in [0.717, 1.165) is 70.6 Å². The molecule has 314 valence electrons. The molecule has 0 aliphatic rings. The summed E-state index contributed by atoms with van der Waals surface area (Å²) >= 11 is 0. The van der Waals surface area contributed by atoms with Gasteiger partial charge in [0.2, 0.25) is 0 Å². The zero-order valence-electron chi connectivity index (χ0n) is 35.2. The highest BCUT2D eigenvalue weighted by Crippen LogP contribution is 2.38. The van der Waals surface area contributed by atoms with Crippen molar-refractivity contribution in [3.05, 3.63) is 48.6 Å². The Labute approximate surface area is 331 Å². The molecule has 0 aromatic carbocycles. The highest BCUT2D eigenvalue weighted by molar-refractivity contribution is 7.45. The lowest BCUT2D eigenvalue weighted by Gasteiger charge is -2.28. The van der Waals surface area contributed by atoms with Crippen LogP contribution in [0.5, 0.6) is 0 Å². The van der Waals surface area contributed by atoms with E-state index >= 15 is 0 Å². The molecule has 9 nitrogen and oxygen atoms in total. The van der Waals surface area contributed by atoms with Gasteiger partial charge in [0.05, 0.1) is 27.7 Å². The van der Waals surface area contributed by atoms with E-state index in [9.17, 15) is 19.0 Å². The average Bonchev–Trinajstić information content (AvgIpc) is 3.12. The number of allylic oxidation sites excluding steroid dienone is 8. The fourth-order valence-corrected chi connectivity index (χ4v) is 6.15. The van der Waals surface area contributed by atoms with Gasteiger partial charge in [-0.15, -0.1) is 0 Å². The number of carbonyl (C=O) groups is 2. The van der Waals surface area contributed by atoms with Crippen LogP contribution in [0.25, 0.3) is 0 Å². The van der Waals surface area contributed by atoms with Crippen LogP contribution in [0.4, 0.5) is 0 Å². The Morgan fingerprint density at radius 2 is 1.00 bits per heavy atom. The van der Waals surface area contributed by atoms with E-state index in [0.29, 0.717) is 23.9 Å². The van der Waals surface area contributed by atoms with Crippen LogP contribution in [0, 0.1) is 0 Å². The number of esters is 2. The first-order valence-corrected chi connectivity index (χ1v) is 22.8. The fourth-order valence-electron chi connectivity index (χ4n) is 5.42. The Hall–Kier alpha value is -2.03. The first-order valence-electron chi connectivity index (χ1n) is 21.3. The summed E-state index contributed by atoms with van der Waals surface area (Å²) in [7, 11) is 1.14. The Morgan fingerprint density at radius 1 is 0.574 bits per heavy atom. The number of phosphoric ester groups is 1. The van der Waals surface area contributed by atoms with E-state index in [-0.39, 0.29) is 26.1 Å². The van der Waals surface area contributed by atoms with Crippen LogP contribution < -0.4 is 4.89 Å². The van der Waals surface area contributed by atoms with Gasteiger partial charge in [0.15, 0.2) is 6.10 Å². The van der Waals surface area contributed by atoms with Crippen molar-refractivity contribution >= 4 is 19.8 Å². The standard InChI is InChI=1S/C44H80NO8P/c1-6-8-10-12-14-16-18-20-21-22-23-25-27-29-31-33-35-37-44(47)53-42(41-52-54(48,49)51-39-38-45(3,4)5)40-50-43(46)36-34-32-30-28-26-24-19-17-15-13-11-9-7-2/h14,16-17,19-21,23,25,42H,6-13,15,18,22,24,26-41H2,1-5H3/b16-14-,19-17-,21-20-,25-23-/t42-/m1/s1. The van der Waals surface area contributed by atoms with Crippen LogP contribution in [0.2, 0.25) is 0 Å². The average molecular weight is 782 g/mol. The van der Waals surface area contributed by atoms with Crippen molar-refractivity contribution in [3.8, 4) is 0 Å². The molecule has 0 aliphatic carbocycles. The van der Waals surface area contributed by atoms with E-state index in [4.69, 9.17) is 18.5 Å². The molecule has 0 aromatic rings. The van der Waals surface area contributed by atoms with Crippen LogP contribution in [-0.4, -0.2) is 70.0 Å². The summed E-state index contributed by atoms with van der Waals surface area (Å²) in [5.74, 6) is -0.873. The van der Waals surface area contributed by atoms with Gasteiger partial charge in [0.1, 0.15) is 19.8 Å². The lowest BCUT2D eigenvalue weighted by atomic mass is 10.1. The monoisotopic (exact) mass is 782 g/mol. The van der Waals surface area contributed by atoms with E-state index in [2.05, 4.69) is 62.5 Å². The maximum atomic E-state index is 12.6. The summed E-state index contributed by atoms with van der Waals surface area (Å²) < 4.78 is 33.8. The van der Waals surface area contributed by atoms with Gasteiger partial charge in [-0.3, -0.25) is 14.2 Å². The van der Waals surface area contributed by atoms with Gasteiger partial charge in [-0.2, -0.15) is 0 Å². The minimum absolute atomic E-state index is 0.0382. The molecule has 0 heterocycles. The number of likely N-dealkylation sites (N-methyl/N-ethyl adjacent to an activating group) is 1. The summed E-state index contributed by atoms with van der Waals surface area (Å²) in [6.07, 6.45) is 41.3. The molecule has 0 rings (SSSR count). The van der Waals surface area contributed by atoms with Crippen molar-refractivity contribution in [1.29, 1.82) is 0 Å². The van der Waals surface area contributed by atoms with Gasteiger partial charge < -0.3 is 27.9 Å². The quantitative estimate of drug-likeness (QED) is 0.0200. The smallest absolute Gasteiger partial charge is 0.306 e. The lowest BCUT2D eigenvalue weighted by molar-refractivity contribution is -0.870. The molecule has 1 unspecified atom stereocenters. The normalized spacial score (nSPS) is 14.1. The summed E-state index contributed by atoms with van der Waals surface area (Å²) in [5, 5.41) is 0. The van der Waals surface area contributed by atoms with E-state index in [1.54, 1.807) is 0 Å². The predicted octanol–water partition coefficient (Wildman–Crippen LogP) is 11.3. The maximum Gasteiger partial charge on any atom is 0.306 e. The highest BCUT2D eigenvalue weighted by atomic mass is 31.2. The van der Waals surface area contributed by atoms with Gasteiger partial charge in [-0.1, -0.05) is 127 Å². The van der Waals surface area contributed by atoms with Crippen molar-refractivity contribution in [1.82, 2.24) is 0 Å². The van der Waals surface area contributed by atoms with Crippen molar-refractivity contribution in [2.75, 3.05) is 47.5 Å². The third kappa shape index (κ3) is 39.7. The number of carbonyl (C=O) groups excluding carboxylic acids is 2. The molecule has 54 heavy (non-hydrogen) atoms. The van der Waals surface area contributed by atoms with Crippen molar-refractivity contribution < 1.29 is 42.1 Å². The second-order valence-corrected chi connectivity index (χ2v) is 16.8. The Kier molecular flexibility index (Phi) is 35.2.